The van der Waals surface area contributed by atoms with E-state index in [-0.39, 0.29) is 5.41 Å². The van der Waals surface area contributed by atoms with Gasteiger partial charge in [-0.3, -0.25) is 0 Å². The average molecular weight is 397 g/mol. The molecule has 0 aromatic heterocycles. The molecular weight excluding hydrogens is 373 g/mol. The molecule has 3 rings (SSSR count). The van der Waals surface area contributed by atoms with Crippen LogP contribution in [0.5, 0.6) is 0 Å². The first-order chi connectivity index (χ1) is 12.5. The van der Waals surface area contributed by atoms with Gasteiger partial charge in [-0.1, -0.05) is 12.1 Å². The Hall–Kier alpha value is -1.76. The van der Waals surface area contributed by atoms with Gasteiger partial charge in [0, 0.05) is 23.4 Å². The number of hydrogen-bond donors (Lipinski definition) is 0. The normalized spacial score (nSPS) is 15.3. The summed E-state index contributed by atoms with van der Waals surface area (Å²) in [6, 6.07) is 15.8. The van der Waals surface area contributed by atoms with E-state index in [4.69, 9.17) is 0 Å². The smallest absolute Gasteiger partial charge is 0.418 e. The van der Waals surface area contributed by atoms with E-state index in [1.54, 1.807) is 11.8 Å². The van der Waals surface area contributed by atoms with Crippen LogP contribution in [0.1, 0.15) is 33.3 Å². The monoisotopic (exact) mass is 397 g/mol. The largest absolute Gasteiger partial charge is 0.673 e. The maximum Gasteiger partial charge on any atom is 0.673 e. The summed E-state index contributed by atoms with van der Waals surface area (Å²) in [7, 11) is -6.00. The molecule has 0 spiro atoms. The quantitative estimate of drug-likeness (QED) is 0.238. The molecule has 0 unspecified atom stereocenters. The fourth-order valence-electron chi connectivity index (χ4n) is 3.36. The van der Waals surface area contributed by atoms with E-state index in [9.17, 15) is 17.3 Å². The van der Waals surface area contributed by atoms with E-state index >= 15 is 0 Å². The van der Waals surface area contributed by atoms with E-state index in [0.717, 1.165) is 6.54 Å². The fraction of sp³-hybridized carbons (Fsp3) is 0.350. The van der Waals surface area contributed by atoms with Crippen LogP contribution in [-0.4, -0.2) is 30.3 Å². The number of halogens is 4. The van der Waals surface area contributed by atoms with Crippen LogP contribution in [0.25, 0.3) is 11.1 Å². The summed E-state index contributed by atoms with van der Waals surface area (Å²) >= 11 is 1.79. The minimum Gasteiger partial charge on any atom is -0.418 e. The van der Waals surface area contributed by atoms with Crippen molar-refractivity contribution in [3.8, 4) is 11.1 Å². The zero-order valence-electron chi connectivity index (χ0n) is 16.2. The molecule has 1 aliphatic rings. The highest BCUT2D eigenvalue weighted by molar-refractivity contribution is 7.98. The third-order valence-electron chi connectivity index (χ3n) is 5.01. The Kier molecular flexibility index (Phi) is 6.45. The van der Waals surface area contributed by atoms with Crippen LogP contribution in [0.4, 0.5) is 23.0 Å². The van der Waals surface area contributed by atoms with E-state index in [1.165, 1.54) is 33.0 Å². The Morgan fingerprint density at radius 1 is 0.963 bits per heavy atom. The highest BCUT2D eigenvalue weighted by Gasteiger charge is 2.42. The van der Waals surface area contributed by atoms with Crippen LogP contribution < -0.4 is 0 Å². The van der Waals surface area contributed by atoms with Crippen molar-refractivity contribution >= 4 is 30.4 Å². The van der Waals surface area contributed by atoms with E-state index in [1.807, 2.05) is 0 Å². The third-order valence-corrected chi connectivity index (χ3v) is 5.75. The van der Waals surface area contributed by atoms with Gasteiger partial charge in [0.15, 0.2) is 5.71 Å². The number of nitrogens with zero attached hydrogens (tertiary/aromatic N) is 1. The van der Waals surface area contributed by atoms with E-state index in [2.05, 4.69) is 81.0 Å². The number of fused-ring (bicyclic) bond motifs is 1. The first-order valence-corrected chi connectivity index (χ1v) is 9.99. The molecular formula is C20H24BF4NS. The Labute approximate surface area is 162 Å². The van der Waals surface area contributed by atoms with Gasteiger partial charge in [-0.25, -0.2) is 0 Å². The lowest BCUT2D eigenvalue weighted by Crippen LogP contribution is -2.26. The lowest BCUT2D eigenvalue weighted by molar-refractivity contribution is -0.434. The van der Waals surface area contributed by atoms with E-state index in [0.29, 0.717) is 0 Å². The molecule has 1 nitrogen and oxygen atoms in total. The molecule has 1 aliphatic heterocycles. The summed E-state index contributed by atoms with van der Waals surface area (Å²) in [5.41, 5.74) is 6.97. The Bertz CT molecular complexity index is 836. The first-order valence-electron chi connectivity index (χ1n) is 8.77. The van der Waals surface area contributed by atoms with Crippen LogP contribution in [0.15, 0.2) is 47.4 Å². The highest BCUT2D eigenvalue weighted by atomic mass is 32.2. The summed E-state index contributed by atoms with van der Waals surface area (Å²) in [4.78, 5) is 1.31. The zero-order valence-corrected chi connectivity index (χ0v) is 17.0. The molecule has 2 aromatic carbocycles. The number of rotatable bonds is 3. The Morgan fingerprint density at radius 3 is 1.96 bits per heavy atom. The number of benzene rings is 2. The van der Waals surface area contributed by atoms with Gasteiger partial charge >= 0.3 is 7.25 Å². The van der Waals surface area contributed by atoms with Gasteiger partial charge in [-0.2, -0.15) is 4.58 Å². The van der Waals surface area contributed by atoms with E-state index < -0.39 is 7.25 Å². The molecule has 0 saturated carbocycles. The molecule has 0 bridgehead atoms. The highest BCUT2D eigenvalue weighted by Crippen LogP contribution is 2.41. The minimum absolute atomic E-state index is 0.112. The molecule has 27 heavy (non-hydrogen) atoms. The molecule has 1 heterocycles. The lowest BCUT2D eigenvalue weighted by atomic mass is 9.81. The maximum absolute atomic E-state index is 9.75. The molecule has 0 N–H and O–H groups in total. The lowest BCUT2D eigenvalue weighted by Gasteiger charge is -2.16. The van der Waals surface area contributed by atoms with Crippen molar-refractivity contribution in [1.29, 1.82) is 0 Å². The van der Waals surface area contributed by atoms with Gasteiger partial charge in [-0.05, 0) is 62.4 Å². The van der Waals surface area contributed by atoms with Crippen LogP contribution in [0.2, 0.25) is 0 Å². The van der Waals surface area contributed by atoms with Crippen LogP contribution in [0, 0.1) is 0 Å². The molecule has 0 atom stereocenters. The van der Waals surface area contributed by atoms with Crippen molar-refractivity contribution in [1.82, 2.24) is 0 Å². The summed E-state index contributed by atoms with van der Waals surface area (Å²) < 4.78 is 41.4. The molecule has 0 fully saturated rings. The van der Waals surface area contributed by atoms with Crippen molar-refractivity contribution < 1.29 is 21.8 Å². The van der Waals surface area contributed by atoms with Crippen LogP contribution >= 0.6 is 11.8 Å². The molecule has 2 aromatic rings. The second kappa shape index (κ2) is 8.09. The van der Waals surface area contributed by atoms with Gasteiger partial charge < -0.3 is 17.3 Å². The Morgan fingerprint density at radius 2 is 1.48 bits per heavy atom. The average Bonchev–Trinajstić information content (AvgIpc) is 2.79. The fourth-order valence-corrected chi connectivity index (χ4v) is 3.76. The molecule has 0 aliphatic carbocycles. The molecule has 0 radical (unpaired) electrons. The second-order valence-corrected chi connectivity index (χ2v) is 7.79. The van der Waals surface area contributed by atoms with Crippen LogP contribution in [-0.2, 0) is 5.41 Å². The predicted octanol–water partition coefficient (Wildman–Crippen LogP) is 6.79. The minimum atomic E-state index is -6.00. The Balaban J connectivity index is 0.000000465. The number of hydrogen-bond acceptors (Lipinski definition) is 1. The molecule has 7 heteroatoms. The summed E-state index contributed by atoms with van der Waals surface area (Å²) in [6.07, 6.45) is 2.12. The summed E-state index contributed by atoms with van der Waals surface area (Å²) in [6.45, 7) is 10.2. The maximum atomic E-state index is 9.75. The zero-order chi connectivity index (χ0) is 20.4. The summed E-state index contributed by atoms with van der Waals surface area (Å²) in [5.74, 6) is 0. The first kappa shape index (κ1) is 21.5. The standard InChI is InChI=1S/C20H24NS.BF4/c1-6-21-14(2)20(3,4)18-13-16(9-12-19(18)21)15-7-10-17(22-5)11-8-15;2-1(3,4)5/h7-13H,6H2,1-5H3;/q+1;-1. The second-order valence-electron chi connectivity index (χ2n) is 6.91. The van der Waals surface area contributed by atoms with Crippen LogP contribution in [0.3, 0.4) is 0 Å². The van der Waals surface area contributed by atoms with Crippen molar-refractivity contribution in [2.24, 2.45) is 0 Å². The molecule has 0 amide bonds. The van der Waals surface area contributed by atoms with Crippen molar-refractivity contribution in [2.75, 3.05) is 12.8 Å². The third kappa shape index (κ3) is 4.95. The van der Waals surface area contributed by atoms with Gasteiger partial charge in [-0.15, -0.1) is 11.8 Å². The van der Waals surface area contributed by atoms with Gasteiger partial charge in [0.2, 0.25) is 5.69 Å². The molecule has 0 saturated heterocycles. The molecule has 146 valence electrons. The SMILES string of the molecule is CC[N+]1=C(C)C(C)(C)c2cc(-c3ccc(SC)cc3)ccc21.F[B-](F)(F)F. The predicted molar refractivity (Wildman–Crippen MR) is 108 cm³/mol. The van der Waals surface area contributed by atoms with Gasteiger partial charge in [0.05, 0.1) is 5.41 Å². The summed E-state index contributed by atoms with van der Waals surface area (Å²) in [5, 5.41) is 0. The van der Waals surface area contributed by atoms with Gasteiger partial charge in [0.25, 0.3) is 0 Å². The van der Waals surface area contributed by atoms with Gasteiger partial charge in [0.1, 0.15) is 6.54 Å². The van der Waals surface area contributed by atoms with Crippen molar-refractivity contribution in [2.45, 2.75) is 38.0 Å². The topological polar surface area (TPSA) is 3.01 Å². The number of thioether (sulfide) groups is 1. The van der Waals surface area contributed by atoms with Crippen molar-refractivity contribution in [3.05, 3.63) is 48.0 Å². The van der Waals surface area contributed by atoms with Crippen molar-refractivity contribution in [3.63, 3.8) is 0 Å².